The van der Waals surface area contributed by atoms with Crippen LogP contribution in [0.25, 0.3) is 0 Å². The Labute approximate surface area is 189 Å². The van der Waals surface area contributed by atoms with Crippen LogP contribution in [0.15, 0.2) is 59.1 Å². The normalized spacial score (nSPS) is 11.5. The van der Waals surface area contributed by atoms with Crippen molar-refractivity contribution in [3.8, 4) is 17.2 Å². The first-order chi connectivity index (χ1) is 14.7. The number of halogens is 4. The van der Waals surface area contributed by atoms with Crippen LogP contribution in [-0.2, 0) is 11.8 Å². The molecular formula is C25H24BrF3O2. The van der Waals surface area contributed by atoms with E-state index in [2.05, 4.69) is 15.9 Å². The molecule has 6 heteroatoms. The molecule has 0 amide bonds. The third kappa shape index (κ3) is 5.42. The van der Waals surface area contributed by atoms with Gasteiger partial charge in [0.05, 0.1) is 11.6 Å². The summed E-state index contributed by atoms with van der Waals surface area (Å²) in [5.74, 6) is -1.07. The molecule has 0 aromatic heterocycles. The molecule has 0 aliphatic rings. The molecule has 0 spiro atoms. The second kappa shape index (κ2) is 9.77. The van der Waals surface area contributed by atoms with Crippen LogP contribution < -0.4 is 9.47 Å². The van der Waals surface area contributed by atoms with Crippen LogP contribution in [0, 0.1) is 17.5 Å². The van der Waals surface area contributed by atoms with E-state index in [-0.39, 0.29) is 16.0 Å². The zero-order chi connectivity index (χ0) is 22.6. The molecule has 0 atom stereocenters. The lowest BCUT2D eigenvalue weighted by molar-refractivity contribution is 0.354. The Morgan fingerprint density at radius 3 is 2.32 bits per heavy atom. The Morgan fingerprint density at radius 2 is 1.65 bits per heavy atom. The second-order valence-electron chi connectivity index (χ2n) is 7.98. The summed E-state index contributed by atoms with van der Waals surface area (Å²) in [6, 6.07) is 15.1. The van der Waals surface area contributed by atoms with Gasteiger partial charge < -0.3 is 9.47 Å². The maximum absolute atomic E-state index is 14.4. The molecule has 0 radical (unpaired) electrons. The number of rotatable bonds is 8. The molecule has 2 nitrogen and oxygen atoms in total. The van der Waals surface area contributed by atoms with Crippen LogP contribution in [0.4, 0.5) is 13.2 Å². The molecule has 3 rings (SSSR count). The largest absolute Gasteiger partial charge is 0.493 e. The molecule has 0 unspecified atom stereocenters. The van der Waals surface area contributed by atoms with Gasteiger partial charge in [0.2, 0.25) is 0 Å². The van der Waals surface area contributed by atoms with Crippen molar-refractivity contribution in [3.05, 3.63) is 87.6 Å². The fourth-order valence-corrected chi connectivity index (χ4v) is 3.84. The molecule has 3 aromatic carbocycles. The fourth-order valence-electron chi connectivity index (χ4n) is 3.55. The van der Waals surface area contributed by atoms with Crippen LogP contribution in [0.3, 0.4) is 0 Å². The fraction of sp³-hybridized carbons (Fsp3) is 0.280. The summed E-state index contributed by atoms with van der Waals surface area (Å²) in [7, 11) is 1.37. The van der Waals surface area contributed by atoms with Crippen LogP contribution >= 0.6 is 15.9 Å². The lowest BCUT2D eigenvalue weighted by Crippen LogP contribution is -2.20. The summed E-state index contributed by atoms with van der Waals surface area (Å²) >= 11 is 2.92. The summed E-state index contributed by atoms with van der Waals surface area (Å²) in [5, 5.41) is 0. The van der Waals surface area contributed by atoms with Gasteiger partial charge in [-0.05, 0) is 76.5 Å². The van der Waals surface area contributed by atoms with Gasteiger partial charge in [0.25, 0.3) is 0 Å². The van der Waals surface area contributed by atoms with Gasteiger partial charge in [-0.3, -0.25) is 0 Å². The highest BCUT2D eigenvalue weighted by Gasteiger charge is 2.29. The molecule has 0 N–H and O–H groups in total. The number of para-hydroxylation sites is 1. The first-order valence-corrected chi connectivity index (χ1v) is 10.8. The van der Waals surface area contributed by atoms with Gasteiger partial charge in [-0.2, -0.15) is 0 Å². The zero-order valence-corrected chi connectivity index (χ0v) is 19.2. The number of methoxy groups -OCH3 is 1. The number of ether oxygens (including phenoxy) is 2. The third-order valence-corrected chi connectivity index (χ3v) is 6.01. The molecule has 0 bridgehead atoms. The number of benzene rings is 3. The SMILES string of the molecule is COc1c(C(C)(C)CCCc2ccc(F)c(Oc3ccccc3)c2)cc(F)c(Br)c1F. The predicted octanol–water partition coefficient (Wildman–Crippen LogP) is 7.97. The minimum absolute atomic E-state index is 0.0404. The lowest BCUT2D eigenvalue weighted by Gasteiger charge is -2.28. The van der Waals surface area contributed by atoms with E-state index < -0.39 is 22.9 Å². The average molecular weight is 493 g/mol. The van der Waals surface area contributed by atoms with Gasteiger partial charge in [-0.25, -0.2) is 13.2 Å². The summed E-state index contributed by atoms with van der Waals surface area (Å²) in [6.07, 6.45) is 2.04. The highest BCUT2D eigenvalue weighted by atomic mass is 79.9. The predicted molar refractivity (Wildman–Crippen MR) is 119 cm³/mol. The van der Waals surface area contributed by atoms with Crippen molar-refractivity contribution in [3.63, 3.8) is 0 Å². The quantitative estimate of drug-likeness (QED) is 0.297. The molecule has 0 aliphatic carbocycles. The molecule has 3 aromatic rings. The third-order valence-electron chi connectivity index (χ3n) is 5.28. The maximum atomic E-state index is 14.4. The molecule has 164 valence electrons. The molecule has 0 saturated heterocycles. The van der Waals surface area contributed by atoms with Crippen LogP contribution in [0.2, 0.25) is 0 Å². The van der Waals surface area contributed by atoms with E-state index in [9.17, 15) is 13.2 Å². The van der Waals surface area contributed by atoms with Gasteiger partial charge in [-0.1, -0.05) is 38.1 Å². The van der Waals surface area contributed by atoms with Crippen molar-refractivity contribution in [2.75, 3.05) is 7.11 Å². The van der Waals surface area contributed by atoms with E-state index in [1.165, 1.54) is 19.2 Å². The molecule has 31 heavy (non-hydrogen) atoms. The molecular weight excluding hydrogens is 469 g/mol. The number of hydrogen-bond acceptors (Lipinski definition) is 2. The van der Waals surface area contributed by atoms with Crippen LogP contribution in [-0.4, -0.2) is 7.11 Å². The summed E-state index contributed by atoms with van der Waals surface area (Å²) in [5.41, 5.74) is 0.862. The lowest BCUT2D eigenvalue weighted by atomic mass is 9.79. The van der Waals surface area contributed by atoms with E-state index >= 15 is 0 Å². The smallest absolute Gasteiger partial charge is 0.182 e. The number of hydrogen-bond donors (Lipinski definition) is 0. The van der Waals surface area contributed by atoms with Gasteiger partial charge in [0, 0.05) is 5.56 Å². The van der Waals surface area contributed by atoms with Gasteiger partial charge >= 0.3 is 0 Å². The Kier molecular flexibility index (Phi) is 7.31. The van der Waals surface area contributed by atoms with Crippen molar-refractivity contribution in [2.45, 2.75) is 38.5 Å². The van der Waals surface area contributed by atoms with Gasteiger partial charge in [0.1, 0.15) is 11.6 Å². The highest BCUT2D eigenvalue weighted by molar-refractivity contribution is 9.10. The van der Waals surface area contributed by atoms with E-state index in [0.717, 1.165) is 12.0 Å². The second-order valence-corrected chi connectivity index (χ2v) is 8.78. The zero-order valence-electron chi connectivity index (χ0n) is 17.6. The number of aryl methyl sites for hydroxylation is 1. The molecule has 0 heterocycles. The Hall–Kier alpha value is -2.47. The van der Waals surface area contributed by atoms with Gasteiger partial charge in [0.15, 0.2) is 23.1 Å². The maximum Gasteiger partial charge on any atom is 0.182 e. The van der Waals surface area contributed by atoms with Crippen molar-refractivity contribution in [1.82, 2.24) is 0 Å². The first-order valence-electron chi connectivity index (χ1n) is 9.96. The Bertz CT molecular complexity index is 1050. The molecule has 0 saturated carbocycles. The highest BCUT2D eigenvalue weighted by Crippen LogP contribution is 2.40. The first kappa shape index (κ1) is 23.2. The van der Waals surface area contributed by atoms with Crippen molar-refractivity contribution in [2.24, 2.45) is 0 Å². The monoisotopic (exact) mass is 492 g/mol. The Balaban J connectivity index is 1.72. The molecule has 0 aliphatic heterocycles. The van der Waals surface area contributed by atoms with Crippen LogP contribution in [0.5, 0.6) is 17.2 Å². The van der Waals surface area contributed by atoms with Gasteiger partial charge in [-0.15, -0.1) is 0 Å². The van der Waals surface area contributed by atoms with E-state index in [1.54, 1.807) is 24.3 Å². The topological polar surface area (TPSA) is 18.5 Å². The summed E-state index contributed by atoms with van der Waals surface area (Å²) in [6.45, 7) is 3.85. The summed E-state index contributed by atoms with van der Waals surface area (Å²) in [4.78, 5) is 0. The van der Waals surface area contributed by atoms with E-state index in [1.807, 2.05) is 32.0 Å². The average Bonchev–Trinajstić information content (AvgIpc) is 2.74. The standard InChI is InChI=1S/C25H24BrF3O2/c1-25(2,18-15-20(28)22(26)23(29)24(18)30-3)13-7-8-16-11-12-19(27)21(14-16)31-17-9-5-4-6-10-17/h4-6,9-12,14-15H,7-8,13H2,1-3H3. The van der Waals surface area contributed by atoms with Crippen molar-refractivity contribution >= 4 is 15.9 Å². The minimum Gasteiger partial charge on any atom is -0.493 e. The molecule has 0 fully saturated rings. The van der Waals surface area contributed by atoms with E-state index in [0.29, 0.717) is 24.2 Å². The van der Waals surface area contributed by atoms with Crippen LogP contribution in [0.1, 0.15) is 37.8 Å². The van der Waals surface area contributed by atoms with Crippen molar-refractivity contribution < 1.29 is 22.6 Å². The minimum atomic E-state index is -0.744. The van der Waals surface area contributed by atoms with Crippen molar-refractivity contribution in [1.29, 1.82) is 0 Å². The Morgan fingerprint density at radius 1 is 0.935 bits per heavy atom. The summed E-state index contributed by atoms with van der Waals surface area (Å²) < 4.78 is 53.4. The van der Waals surface area contributed by atoms with E-state index in [4.69, 9.17) is 9.47 Å².